The maximum atomic E-state index is 6.25. The van der Waals surface area contributed by atoms with Crippen molar-refractivity contribution in [3.05, 3.63) is 41.0 Å². The molecule has 3 N–H and O–H groups in total. The molecule has 1 fully saturated rings. The zero-order chi connectivity index (χ0) is 14.7. The fraction of sp³-hybridized carbons (Fsp3) is 0.471. The van der Waals surface area contributed by atoms with Crippen LogP contribution in [0.15, 0.2) is 30.5 Å². The maximum absolute atomic E-state index is 6.25. The number of fused-ring (bicyclic) bond motifs is 1. The summed E-state index contributed by atoms with van der Waals surface area (Å²) in [5.74, 6) is 0.987. The normalized spacial score (nSPS) is 16.3. The van der Waals surface area contributed by atoms with E-state index in [0.717, 1.165) is 34.0 Å². The first-order valence-electron chi connectivity index (χ1n) is 7.76. The van der Waals surface area contributed by atoms with E-state index in [1.807, 2.05) is 30.5 Å². The standard InChI is InChI=1S/C17H22ClN3/c18-15-8-7-14(17-13(15)4-2-10-21-17)16(11-19)20-9-1-3-12-5-6-12/h2,4,7-8,10,12,16,20H,1,3,5-6,9,11,19H2. The molecule has 1 unspecified atom stereocenters. The van der Waals surface area contributed by atoms with E-state index in [0.29, 0.717) is 6.54 Å². The Balaban J connectivity index is 1.74. The maximum Gasteiger partial charge on any atom is 0.0765 e. The fourth-order valence-corrected chi connectivity index (χ4v) is 3.05. The fourth-order valence-electron chi connectivity index (χ4n) is 2.83. The molecule has 3 rings (SSSR count). The minimum Gasteiger partial charge on any atom is -0.329 e. The van der Waals surface area contributed by atoms with Crippen molar-refractivity contribution >= 4 is 22.5 Å². The lowest BCUT2D eigenvalue weighted by molar-refractivity contribution is 0.514. The Morgan fingerprint density at radius 3 is 2.95 bits per heavy atom. The Kier molecular flexibility index (Phi) is 4.73. The van der Waals surface area contributed by atoms with Crippen LogP contribution < -0.4 is 11.1 Å². The van der Waals surface area contributed by atoms with E-state index in [1.165, 1.54) is 25.7 Å². The van der Waals surface area contributed by atoms with Crippen LogP contribution in [0, 0.1) is 5.92 Å². The molecule has 1 aromatic heterocycles. The van der Waals surface area contributed by atoms with Crippen molar-refractivity contribution in [2.45, 2.75) is 31.7 Å². The van der Waals surface area contributed by atoms with Gasteiger partial charge in [-0.3, -0.25) is 4.98 Å². The van der Waals surface area contributed by atoms with Gasteiger partial charge in [0.05, 0.1) is 5.52 Å². The molecule has 1 aliphatic carbocycles. The number of nitrogens with zero attached hydrogens (tertiary/aromatic N) is 1. The van der Waals surface area contributed by atoms with Gasteiger partial charge in [-0.05, 0) is 49.1 Å². The highest BCUT2D eigenvalue weighted by Gasteiger charge is 2.20. The molecule has 3 nitrogen and oxygen atoms in total. The van der Waals surface area contributed by atoms with Gasteiger partial charge in [0.1, 0.15) is 0 Å². The molecule has 0 bridgehead atoms. The second-order valence-corrected chi connectivity index (χ2v) is 6.27. The first-order valence-corrected chi connectivity index (χ1v) is 8.14. The van der Waals surface area contributed by atoms with E-state index < -0.39 is 0 Å². The first-order chi connectivity index (χ1) is 10.3. The van der Waals surface area contributed by atoms with Crippen LogP contribution in [0.1, 0.15) is 37.3 Å². The lowest BCUT2D eigenvalue weighted by Gasteiger charge is -2.19. The molecule has 0 amide bonds. The molecule has 21 heavy (non-hydrogen) atoms. The zero-order valence-corrected chi connectivity index (χ0v) is 12.9. The summed E-state index contributed by atoms with van der Waals surface area (Å²) >= 11 is 6.25. The number of pyridine rings is 1. The molecule has 2 aromatic rings. The van der Waals surface area contributed by atoms with Crippen LogP contribution in [0.5, 0.6) is 0 Å². The molecular formula is C17H22ClN3. The van der Waals surface area contributed by atoms with Crippen LogP contribution in [0.4, 0.5) is 0 Å². The second-order valence-electron chi connectivity index (χ2n) is 5.86. The van der Waals surface area contributed by atoms with Gasteiger partial charge in [-0.1, -0.05) is 30.5 Å². The molecule has 112 valence electrons. The summed E-state index contributed by atoms with van der Waals surface area (Å²) in [6, 6.07) is 8.05. The Labute approximate surface area is 130 Å². The van der Waals surface area contributed by atoms with Crippen molar-refractivity contribution < 1.29 is 0 Å². The van der Waals surface area contributed by atoms with Gasteiger partial charge in [-0.2, -0.15) is 0 Å². The molecule has 1 aromatic carbocycles. The van der Waals surface area contributed by atoms with Crippen molar-refractivity contribution in [3.8, 4) is 0 Å². The van der Waals surface area contributed by atoms with Crippen molar-refractivity contribution in [3.63, 3.8) is 0 Å². The van der Waals surface area contributed by atoms with E-state index in [4.69, 9.17) is 17.3 Å². The molecule has 0 spiro atoms. The number of nitrogens with one attached hydrogen (secondary N) is 1. The Bertz CT molecular complexity index is 610. The van der Waals surface area contributed by atoms with Gasteiger partial charge in [0.15, 0.2) is 0 Å². The van der Waals surface area contributed by atoms with Crippen LogP contribution >= 0.6 is 11.6 Å². The van der Waals surface area contributed by atoms with Crippen LogP contribution in [-0.4, -0.2) is 18.1 Å². The third kappa shape index (κ3) is 3.54. The van der Waals surface area contributed by atoms with Gasteiger partial charge in [-0.25, -0.2) is 0 Å². The van der Waals surface area contributed by atoms with Crippen LogP contribution in [-0.2, 0) is 0 Å². The number of halogens is 1. The summed E-state index contributed by atoms with van der Waals surface area (Å²) in [4.78, 5) is 4.50. The summed E-state index contributed by atoms with van der Waals surface area (Å²) in [5.41, 5.74) is 8.06. The van der Waals surface area contributed by atoms with Gasteiger partial charge in [0, 0.05) is 29.2 Å². The minimum atomic E-state index is 0.138. The summed E-state index contributed by atoms with van der Waals surface area (Å²) in [7, 11) is 0. The van der Waals surface area contributed by atoms with Gasteiger partial charge < -0.3 is 11.1 Å². The molecule has 0 saturated heterocycles. The summed E-state index contributed by atoms with van der Waals surface area (Å²) in [6.45, 7) is 1.58. The number of aromatic nitrogens is 1. The number of nitrogens with two attached hydrogens (primary N) is 1. The SMILES string of the molecule is NCC(NCCCC1CC1)c1ccc(Cl)c2cccnc12. The van der Waals surface area contributed by atoms with E-state index >= 15 is 0 Å². The van der Waals surface area contributed by atoms with Crippen molar-refractivity contribution in [2.24, 2.45) is 11.7 Å². The quantitative estimate of drug-likeness (QED) is 0.767. The average molecular weight is 304 g/mol. The average Bonchev–Trinajstić information content (AvgIpc) is 3.33. The highest BCUT2D eigenvalue weighted by atomic mass is 35.5. The molecule has 1 atom stereocenters. The highest BCUT2D eigenvalue weighted by Crippen LogP contribution is 2.33. The van der Waals surface area contributed by atoms with E-state index in [2.05, 4.69) is 10.3 Å². The van der Waals surface area contributed by atoms with Crippen LogP contribution in [0.2, 0.25) is 5.02 Å². The number of hydrogen-bond donors (Lipinski definition) is 2. The molecule has 1 aliphatic rings. The van der Waals surface area contributed by atoms with Crippen LogP contribution in [0.25, 0.3) is 10.9 Å². The van der Waals surface area contributed by atoms with Gasteiger partial charge in [0.2, 0.25) is 0 Å². The molecule has 0 aliphatic heterocycles. The van der Waals surface area contributed by atoms with Gasteiger partial charge >= 0.3 is 0 Å². The van der Waals surface area contributed by atoms with Crippen molar-refractivity contribution in [1.29, 1.82) is 0 Å². The summed E-state index contributed by atoms with van der Waals surface area (Å²) in [6.07, 6.45) is 7.21. The van der Waals surface area contributed by atoms with Crippen molar-refractivity contribution in [1.82, 2.24) is 10.3 Å². The first kappa shape index (κ1) is 14.8. The topological polar surface area (TPSA) is 50.9 Å². The third-order valence-corrected chi connectivity index (χ3v) is 4.57. The Hall–Kier alpha value is -1.16. The van der Waals surface area contributed by atoms with E-state index in [-0.39, 0.29) is 6.04 Å². The number of benzene rings is 1. The molecule has 1 heterocycles. The lowest BCUT2D eigenvalue weighted by atomic mass is 10.0. The summed E-state index contributed by atoms with van der Waals surface area (Å²) < 4.78 is 0. The smallest absolute Gasteiger partial charge is 0.0765 e. The molecule has 0 radical (unpaired) electrons. The largest absolute Gasteiger partial charge is 0.329 e. The monoisotopic (exact) mass is 303 g/mol. The lowest BCUT2D eigenvalue weighted by Crippen LogP contribution is -2.29. The van der Waals surface area contributed by atoms with Gasteiger partial charge in [-0.15, -0.1) is 0 Å². The molecule has 4 heteroatoms. The predicted octanol–water partition coefficient (Wildman–Crippen LogP) is 3.67. The Morgan fingerprint density at radius 1 is 1.33 bits per heavy atom. The summed E-state index contributed by atoms with van der Waals surface area (Å²) in [5, 5.41) is 5.31. The van der Waals surface area contributed by atoms with Gasteiger partial charge in [0.25, 0.3) is 0 Å². The van der Waals surface area contributed by atoms with Crippen molar-refractivity contribution in [2.75, 3.05) is 13.1 Å². The second kappa shape index (κ2) is 6.73. The number of hydrogen-bond acceptors (Lipinski definition) is 3. The minimum absolute atomic E-state index is 0.138. The number of rotatable bonds is 7. The third-order valence-electron chi connectivity index (χ3n) is 4.24. The predicted molar refractivity (Wildman–Crippen MR) is 88.5 cm³/mol. The molecular weight excluding hydrogens is 282 g/mol. The van der Waals surface area contributed by atoms with E-state index in [9.17, 15) is 0 Å². The Morgan fingerprint density at radius 2 is 2.19 bits per heavy atom. The zero-order valence-electron chi connectivity index (χ0n) is 12.2. The molecule has 1 saturated carbocycles. The van der Waals surface area contributed by atoms with E-state index in [1.54, 1.807) is 0 Å². The van der Waals surface area contributed by atoms with Crippen LogP contribution in [0.3, 0.4) is 0 Å². The highest BCUT2D eigenvalue weighted by molar-refractivity contribution is 6.35.